The first kappa shape index (κ1) is 21.3. The van der Waals surface area contributed by atoms with Crippen molar-refractivity contribution in [3.05, 3.63) is 35.9 Å². The lowest BCUT2D eigenvalue weighted by atomic mass is 10.1. The molecule has 0 heterocycles. The Labute approximate surface area is 147 Å². The first-order valence-electron chi connectivity index (χ1n) is 7.81. The Morgan fingerprint density at radius 1 is 1.16 bits per heavy atom. The number of phosphoric acid groups is 1. The first-order chi connectivity index (χ1) is 11.9. The van der Waals surface area contributed by atoms with Gasteiger partial charge in [-0.2, -0.15) is 0 Å². The number of amides is 1. The first-order valence-corrected chi connectivity index (χ1v) is 9.27. The maximum absolute atomic E-state index is 12.4. The zero-order chi connectivity index (χ0) is 18.7. The van der Waals surface area contributed by atoms with E-state index in [4.69, 9.17) is 18.3 Å². The van der Waals surface area contributed by atoms with Gasteiger partial charge in [-0.3, -0.25) is 23.2 Å². The largest absolute Gasteiger partial charge is 0.475 e. The molecular weight excluding hydrogens is 349 g/mol. The van der Waals surface area contributed by atoms with Gasteiger partial charge in [-0.25, -0.2) is 4.57 Å². The summed E-state index contributed by atoms with van der Waals surface area (Å²) in [5, 5.41) is 2.57. The van der Waals surface area contributed by atoms with Gasteiger partial charge in [0, 0.05) is 27.2 Å². The van der Waals surface area contributed by atoms with Gasteiger partial charge in [-0.15, -0.1) is 0 Å². The van der Waals surface area contributed by atoms with Crippen LogP contribution >= 0.6 is 7.82 Å². The minimum atomic E-state index is -3.84. The topological polar surface area (TPSA) is 100 Å². The molecule has 140 valence electrons. The third-order valence-corrected chi connectivity index (χ3v) is 4.60. The molecule has 0 fully saturated rings. The average molecular weight is 373 g/mol. The molecule has 0 radical (unpaired) electrons. The molecule has 0 aliphatic carbocycles. The van der Waals surface area contributed by atoms with E-state index in [-0.39, 0.29) is 26.0 Å². The van der Waals surface area contributed by atoms with E-state index in [1.165, 1.54) is 14.2 Å². The number of ether oxygens (including phenoxy) is 1. The number of nitrogens with one attached hydrogen (secondary N) is 1. The molecule has 0 bridgehead atoms. The number of benzene rings is 1. The summed E-state index contributed by atoms with van der Waals surface area (Å²) in [7, 11) is -1.50. The number of rotatable bonds is 11. The maximum Gasteiger partial charge on any atom is 0.475 e. The van der Waals surface area contributed by atoms with E-state index < -0.39 is 25.8 Å². The van der Waals surface area contributed by atoms with Crippen LogP contribution in [0.2, 0.25) is 0 Å². The summed E-state index contributed by atoms with van der Waals surface area (Å²) in [5.74, 6) is -0.940. The normalized spacial score (nSPS) is 12.4. The van der Waals surface area contributed by atoms with E-state index >= 15 is 0 Å². The lowest BCUT2D eigenvalue weighted by molar-refractivity contribution is -0.143. The number of esters is 1. The van der Waals surface area contributed by atoms with Crippen LogP contribution in [-0.4, -0.2) is 45.4 Å². The number of hydrogen-bond acceptors (Lipinski definition) is 7. The third kappa shape index (κ3) is 7.79. The van der Waals surface area contributed by atoms with Crippen LogP contribution in [0.3, 0.4) is 0 Å². The standard InChI is InChI=1S/C16H24NO7P/c1-4-23-15(18)10-11-17-16(19)14(24-25(20,21-2)22-3)12-13-8-6-5-7-9-13/h5-9,14H,4,10-12H2,1-3H3,(H,17,19)/t14-/m0/s1. The summed E-state index contributed by atoms with van der Waals surface area (Å²) < 4.78 is 31.8. The Morgan fingerprint density at radius 2 is 1.80 bits per heavy atom. The van der Waals surface area contributed by atoms with Crippen LogP contribution in [0.4, 0.5) is 0 Å². The van der Waals surface area contributed by atoms with Gasteiger partial charge in [0.2, 0.25) is 5.91 Å². The van der Waals surface area contributed by atoms with Crippen molar-refractivity contribution in [2.45, 2.75) is 25.9 Å². The summed E-state index contributed by atoms with van der Waals surface area (Å²) in [6.45, 7) is 2.06. The van der Waals surface area contributed by atoms with Crippen LogP contribution in [0.15, 0.2) is 30.3 Å². The summed E-state index contributed by atoms with van der Waals surface area (Å²) >= 11 is 0. The van der Waals surface area contributed by atoms with Crippen LogP contribution in [0.25, 0.3) is 0 Å². The molecule has 1 rings (SSSR count). The van der Waals surface area contributed by atoms with Gasteiger partial charge < -0.3 is 10.1 Å². The van der Waals surface area contributed by atoms with E-state index in [9.17, 15) is 14.2 Å². The minimum Gasteiger partial charge on any atom is -0.466 e. The predicted octanol–water partition coefficient (Wildman–Crippen LogP) is 2.08. The summed E-state index contributed by atoms with van der Waals surface area (Å²) in [6, 6.07) is 9.10. The van der Waals surface area contributed by atoms with Crippen molar-refractivity contribution in [1.82, 2.24) is 5.32 Å². The van der Waals surface area contributed by atoms with Gasteiger partial charge in [0.05, 0.1) is 13.0 Å². The second kappa shape index (κ2) is 11.0. The van der Waals surface area contributed by atoms with Gasteiger partial charge in [0.15, 0.2) is 6.10 Å². The molecular formula is C16H24NO7P. The zero-order valence-electron chi connectivity index (χ0n) is 14.6. The predicted molar refractivity (Wildman–Crippen MR) is 90.9 cm³/mol. The summed E-state index contributed by atoms with van der Waals surface area (Å²) in [4.78, 5) is 23.7. The van der Waals surface area contributed by atoms with Crippen LogP contribution in [0.1, 0.15) is 18.9 Å². The van der Waals surface area contributed by atoms with Crippen LogP contribution < -0.4 is 5.32 Å². The van der Waals surface area contributed by atoms with Crippen LogP contribution in [-0.2, 0) is 38.9 Å². The van der Waals surface area contributed by atoms with Gasteiger partial charge >= 0.3 is 13.8 Å². The van der Waals surface area contributed by atoms with Crippen molar-refractivity contribution in [3.63, 3.8) is 0 Å². The molecule has 9 heteroatoms. The molecule has 1 aromatic rings. The molecule has 25 heavy (non-hydrogen) atoms. The fourth-order valence-corrected chi connectivity index (χ4v) is 2.76. The zero-order valence-corrected chi connectivity index (χ0v) is 15.5. The summed E-state index contributed by atoms with van der Waals surface area (Å²) in [5.41, 5.74) is 0.812. The molecule has 1 amide bonds. The number of hydrogen-bond donors (Lipinski definition) is 1. The van der Waals surface area contributed by atoms with E-state index in [1.54, 1.807) is 6.92 Å². The Bertz CT molecular complexity index is 585. The molecule has 0 unspecified atom stereocenters. The molecule has 1 atom stereocenters. The van der Waals surface area contributed by atoms with Crippen molar-refractivity contribution >= 4 is 19.7 Å². The Kier molecular flexibility index (Phi) is 9.37. The van der Waals surface area contributed by atoms with E-state index in [0.29, 0.717) is 0 Å². The number of carbonyl (C=O) groups excluding carboxylic acids is 2. The molecule has 0 aromatic heterocycles. The molecule has 0 saturated heterocycles. The smallest absolute Gasteiger partial charge is 0.466 e. The average Bonchev–Trinajstić information content (AvgIpc) is 2.62. The molecule has 8 nitrogen and oxygen atoms in total. The van der Waals surface area contributed by atoms with E-state index in [2.05, 4.69) is 5.32 Å². The summed E-state index contributed by atoms with van der Waals surface area (Å²) in [6.07, 6.45) is -0.901. The Morgan fingerprint density at radius 3 is 2.36 bits per heavy atom. The fourth-order valence-electron chi connectivity index (χ4n) is 1.96. The van der Waals surface area contributed by atoms with Gasteiger partial charge in [0.25, 0.3) is 0 Å². The Balaban J connectivity index is 2.73. The van der Waals surface area contributed by atoms with Gasteiger partial charge in [-0.1, -0.05) is 30.3 Å². The fraction of sp³-hybridized carbons (Fsp3) is 0.500. The van der Waals surface area contributed by atoms with Gasteiger partial charge in [-0.05, 0) is 12.5 Å². The highest BCUT2D eigenvalue weighted by molar-refractivity contribution is 7.48. The molecule has 0 spiro atoms. The van der Waals surface area contributed by atoms with Gasteiger partial charge in [0.1, 0.15) is 0 Å². The van der Waals surface area contributed by atoms with Crippen molar-refractivity contribution in [2.75, 3.05) is 27.4 Å². The maximum atomic E-state index is 12.4. The van der Waals surface area contributed by atoms with Crippen LogP contribution in [0.5, 0.6) is 0 Å². The lowest BCUT2D eigenvalue weighted by Gasteiger charge is -2.21. The Hall–Kier alpha value is -1.73. The van der Waals surface area contributed by atoms with Crippen molar-refractivity contribution in [3.8, 4) is 0 Å². The van der Waals surface area contributed by atoms with E-state index in [1.807, 2.05) is 30.3 Å². The monoisotopic (exact) mass is 373 g/mol. The molecule has 1 N–H and O–H groups in total. The highest BCUT2D eigenvalue weighted by Gasteiger charge is 2.32. The molecule has 0 aliphatic heterocycles. The van der Waals surface area contributed by atoms with Crippen molar-refractivity contribution < 1.29 is 32.5 Å². The molecule has 1 aromatic carbocycles. The minimum absolute atomic E-state index is 0.0316. The lowest BCUT2D eigenvalue weighted by Crippen LogP contribution is -2.38. The second-order valence-corrected chi connectivity index (χ2v) is 6.78. The second-order valence-electron chi connectivity index (χ2n) is 4.94. The molecule has 0 saturated carbocycles. The third-order valence-electron chi connectivity index (χ3n) is 3.19. The SMILES string of the molecule is CCOC(=O)CCNC(=O)[C@H](Cc1ccccc1)OP(=O)(OC)OC. The van der Waals surface area contributed by atoms with Crippen molar-refractivity contribution in [1.29, 1.82) is 0 Å². The van der Waals surface area contributed by atoms with E-state index in [0.717, 1.165) is 5.56 Å². The number of carbonyl (C=O) groups is 2. The quantitative estimate of drug-likeness (QED) is 0.468. The van der Waals surface area contributed by atoms with Crippen molar-refractivity contribution in [2.24, 2.45) is 0 Å². The highest BCUT2D eigenvalue weighted by Crippen LogP contribution is 2.49. The number of phosphoric ester groups is 1. The van der Waals surface area contributed by atoms with Crippen LogP contribution in [0, 0.1) is 0 Å². The molecule has 0 aliphatic rings. The highest BCUT2D eigenvalue weighted by atomic mass is 31.2.